The number of likely N-dealkylation sites (tertiary alicyclic amines) is 1. The first-order valence-corrected chi connectivity index (χ1v) is 7.00. The normalized spacial score (nSPS) is 16.0. The highest BCUT2D eigenvalue weighted by molar-refractivity contribution is 5.93. The van der Waals surface area contributed by atoms with Crippen LogP contribution in [-0.4, -0.2) is 40.0 Å². The molecule has 0 atom stereocenters. The highest BCUT2D eigenvalue weighted by Gasteiger charge is 2.25. The van der Waals surface area contributed by atoms with Crippen molar-refractivity contribution in [1.82, 2.24) is 14.9 Å². The van der Waals surface area contributed by atoms with Crippen molar-refractivity contribution in [3.63, 3.8) is 0 Å². The second-order valence-corrected chi connectivity index (χ2v) is 5.06. The molecule has 2 aromatic rings. The van der Waals surface area contributed by atoms with Gasteiger partial charge in [-0.05, 0) is 13.0 Å². The van der Waals surface area contributed by atoms with E-state index in [0.717, 1.165) is 12.8 Å². The maximum absolute atomic E-state index is 12.2. The first kappa shape index (κ1) is 13.6. The number of furan rings is 1. The number of amides is 1. The average Bonchev–Trinajstić information content (AvgIpc) is 3.01. The molecule has 1 aliphatic heterocycles. The Morgan fingerprint density at radius 2 is 2.19 bits per heavy atom. The summed E-state index contributed by atoms with van der Waals surface area (Å²) in [5.41, 5.74) is 0.598. The molecule has 0 radical (unpaired) electrons. The highest BCUT2D eigenvalue weighted by Crippen LogP contribution is 2.18. The van der Waals surface area contributed by atoms with Gasteiger partial charge >= 0.3 is 0 Å². The number of carbonyl (C=O) groups excluding carboxylic acids is 1. The van der Waals surface area contributed by atoms with Crippen molar-refractivity contribution in [2.24, 2.45) is 0 Å². The highest BCUT2D eigenvalue weighted by atomic mass is 16.5. The van der Waals surface area contributed by atoms with E-state index in [1.807, 2.05) is 11.8 Å². The quantitative estimate of drug-likeness (QED) is 0.864. The van der Waals surface area contributed by atoms with Gasteiger partial charge in [-0.25, -0.2) is 4.98 Å². The lowest BCUT2D eigenvalue weighted by Gasteiger charge is -2.31. The molecule has 2 aromatic heterocycles. The van der Waals surface area contributed by atoms with Crippen LogP contribution in [0, 0.1) is 6.92 Å². The van der Waals surface area contributed by atoms with Gasteiger partial charge in [0.15, 0.2) is 0 Å². The van der Waals surface area contributed by atoms with Gasteiger partial charge in [0.25, 0.3) is 5.91 Å². The summed E-state index contributed by atoms with van der Waals surface area (Å²) in [4.78, 5) is 22.3. The second kappa shape index (κ2) is 5.95. The minimum Gasteiger partial charge on any atom is -0.474 e. The number of aryl methyl sites for hydroxylation is 1. The van der Waals surface area contributed by atoms with E-state index >= 15 is 0 Å². The van der Waals surface area contributed by atoms with Crippen LogP contribution in [0.4, 0.5) is 0 Å². The number of nitrogens with zero attached hydrogens (tertiary/aromatic N) is 3. The summed E-state index contributed by atoms with van der Waals surface area (Å²) in [5.74, 6) is 1.31. The largest absolute Gasteiger partial charge is 0.474 e. The Balaban J connectivity index is 1.54. The van der Waals surface area contributed by atoms with Crippen molar-refractivity contribution in [2.45, 2.75) is 25.9 Å². The van der Waals surface area contributed by atoms with Crippen molar-refractivity contribution < 1.29 is 13.9 Å². The Labute approximate surface area is 122 Å². The Kier molecular flexibility index (Phi) is 3.85. The topological polar surface area (TPSA) is 68.5 Å². The summed E-state index contributed by atoms with van der Waals surface area (Å²) in [6.07, 6.45) is 6.37. The molecule has 3 heterocycles. The Bertz CT molecular complexity index is 604. The Morgan fingerprint density at radius 1 is 1.38 bits per heavy atom. The van der Waals surface area contributed by atoms with Crippen molar-refractivity contribution in [3.05, 3.63) is 42.2 Å². The molecule has 3 rings (SSSR count). The van der Waals surface area contributed by atoms with Crippen LogP contribution in [0.25, 0.3) is 0 Å². The summed E-state index contributed by atoms with van der Waals surface area (Å²) in [6, 6.07) is 3.45. The summed E-state index contributed by atoms with van der Waals surface area (Å²) < 4.78 is 10.8. The van der Waals surface area contributed by atoms with Gasteiger partial charge < -0.3 is 14.1 Å². The minimum absolute atomic E-state index is 0.0140. The SMILES string of the molecule is Cc1nccc(OC2CCN(C(=O)c3ccoc3)CC2)n1. The zero-order valence-electron chi connectivity index (χ0n) is 11.9. The van der Waals surface area contributed by atoms with Gasteiger partial charge in [-0.1, -0.05) is 0 Å². The molecule has 6 nitrogen and oxygen atoms in total. The minimum atomic E-state index is 0.0140. The maximum atomic E-state index is 12.2. The van der Waals surface area contributed by atoms with E-state index in [-0.39, 0.29) is 12.0 Å². The predicted molar refractivity (Wildman–Crippen MR) is 75.0 cm³/mol. The Hall–Kier alpha value is -2.37. The van der Waals surface area contributed by atoms with Crippen molar-refractivity contribution in [3.8, 4) is 5.88 Å². The molecule has 0 N–H and O–H groups in total. The summed E-state index contributed by atoms with van der Waals surface area (Å²) in [7, 11) is 0. The fourth-order valence-corrected chi connectivity index (χ4v) is 2.42. The van der Waals surface area contributed by atoms with Crippen molar-refractivity contribution in [2.75, 3.05) is 13.1 Å². The Morgan fingerprint density at radius 3 is 2.86 bits per heavy atom. The molecular formula is C15H17N3O3. The molecule has 1 aliphatic rings. The van der Waals surface area contributed by atoms with Crippen LogP contribution in [0.5, 0.6) is 5.88 Å². The van der Waals surface area contributed by atoms with Crippen LogP contribution in [0.2, 0.25) is 0 Å². The average molecular weight is 287 g/mol. The van der Waals surface area contributed by atoms with Crippen LogP contribution in [0.3, 0.4) is 0 Å². The van der Waals surface area contributed by atoms with Crippen LogP contribution in [-0.2, 0) is 0 Å². The van der Waals surface area contributed by atoms with Gasteiger partial charge in [-0.3, -0.25) is 4.79 Å². The molecule has 0 aromatic carbocycles. The zero-order valence-corrected chi connectivity index (χ0v) is 11.9. The summed E-state index contributed by atoms with van der Waals surface area (Å²) in [6.45, 7) is 3.19. The number of hydrogen-bond acceptors (Lipinski definition) is 5. The molecule has 1 saturated heterocycles. The van der Waals surface area contributed by atoms with Gasteiger partial charge in [0, 0.05) is 38.2 Å². The molecule has 110 valence electrons. The number of piperidine rings is 1. The molecule has 1 fully saturated rings. The van der Waals surface area contributed by atoms with E-state index in [2.05, 4.69) is 9.97 Å². The third kappa shape index (κ3) is 3.21. The molecular weight excluding hydrogens is 270 g/mol. The number of hydrogen-bond donors (Lipinski definition) is 0. The fraction of sp³-hybridized carbons (Fsp3) is 0.400. The number of carbonyl (C=O) groups is 1. The molecule has 0 saturated carbocycles. The molecule has 0 bridgehead atoms. The van der Waals surface area contributed by atoms with Gasteiger partial charge in [-0.2, -0.15) is 4.98 Å². The smallest absolute Gasteiger partial charge is 0.257 e. The fourth-order valence-electron chi connectivity index (χ4n) is 2.42. The second-order valence-electron chi connectivity index (χ2n) is 5.06. The molecule has 0 spiro atoms. The van der Waals surface area contributed by atoms with Gasteiger partial charge in [0.1, 0.15) is 18.2 Å². The zero-order chi connectivity index (χ0) is 14.7. The molecule has 0 unspecified atom stereocenters. The lowest BCUT2D eigenvalue weighted by atomic mass is 10.1. The number of ether oxygens (including phenoxy) is 1. The number of aromatic nitrogens is 2. The van der Waals surface area contributed by atoms with E-state index in [4.69, 9.17) is 9.15 Å². The van der Waals surface area contributed by atoms with Crippen LogP contribution in [0.1, 0.15) is 29.0 Å². The standard InChI is InChI=1S/C15H17N3O3/c1-11-16-6-2-14(17-11)21-13-3-7-18(8-4-13)15(19)12-5-9-20-10-12/h2,5-6,9-10,13H,3-4,7-8H2,1H3. The van der Waals surface area contributed by atoms with Gasteiger partial charge in [-0.15, -0.1) is 0 Å². The molecule has 6 heteroatoms. The van der Waals surface area contributed by atoms with Crippen molar-refractivity contribution in [1.29, 1.82) is 0 Å². The van der Waals surface area contributed by atoms with Crippen LogP contribution >= 0.6 is 0 Å². The molecule has 1 amide bonds. The van der Waals surface area contributed by atoms with Crippen molar-refractivity contribution >= 4 is 5.91 Å². The lowest BCUT2D eigenvalue weighted by Crippen LogP contribution is -2.41. The number of rotatable bonds is 3. The monoisotopic (exact) mass is 287 g/mol. The van der Waals surface area contributed by atoms with Crippen LogP contribution < -0.4 is 4.74 Å². The third-order valence-electron chi connectivity index (χ3n) is 3.54. The first-order chi connectivity index (χ1) is 10.2. The third-order valence-corrected chi connectivity index (χ3v) is 3.54. The molecule has 21 heavy (non-hydrogen) atoms. The summed E-state index contributed by atoms with van der Waals surface area (Å²) in [5, 5.41) is 0. The van der Waals surface area contributed by atoms with E-state index in [1.165, 1.54) is 12.5 Å². The molecule has 0 aliphatic carbocycles. The maximum Gasteiger partial charge on any atom is 0.257 e. The van der Waals surface area contributed by atoms with E-state index in [1.54, 1.807) is 18.3 Å². The van der Waals surface area contributed by atoms with E-state index in [9.17, 15) is 4.79 Å². The van der Waals surface area contributed by atoms with Gasteiger partial charge in [0.05, 0.1) is 11.8 Å². The van der Waals surface area contributed by atoms with Gasteiger partial charge in [0.2, 0.25) is 5.88 Å². The summed E-state index contributed by atoms with van der Waals surface area (Å²) >= 11 is 0. The van der Waals surface area contributed by atoms with Crippen LogP contribution in [0.15, 0.2) is 35.3 Å². The predicted octanol–water partition coefficient (Wildman–Crippen LogP) is 2.06. The first-order valence-electron chi connectivity index (χ1n) is 7.00. The van der Waals surface area contributed by atoms with E-state index in [0.29, 0.717) is 30.4 Å². The lowest BCUT2D eigenvalue weighted by molar-refractivity contribution is 0.0587. The van der Waals surface area contributed by atoms with E-state index < -0.39 is 0 Å².